The van der Waals surface area contributed by atoms with Crippen LogP contribution in [0, 0.1) is 0 Å². The molecule has 0 saturated heterocycles. The largest absolute Gasteiger partial charge is 0.493 e. The normalized spacial score (nSPS) is 10.6. The van der Waals surface area contributed by atoms with Crippen molar-refractivity contribution in [1.82, 2.24) is 5.32 Å². The molecule has 0 aliphatic carbocycles. The van der Waals surface area contributed by atoms with E-state index in [1.807, 2.05) is 37.3 Å². The summed E-state index contributed by atoms with van der Waals surface area (Å²) in [6.07, 6.45) is 4.01. The lowest BCUT2D eigenvalue weighted by Gasteiger charge is -2.11. The maximum atomic E-state index is 12.0. The molecular formula is C21H25ClN2O3. The van der Waals surface area contributed by atoms with Crippen LogP contribution in [-0.4, -0.2) is 32.7 Å². The molecule has 5 nitrogen and oxygen atoms in total. The van der Waals surface area contributed by atoms with Gasteiger partial charge in [-0.1, -0.05) is 29.8 Å². The summed E-state index contributed by atoms with van der Waals surface area (Å²) >= 11 is 6.23. The van der Waals surface area contributed by atoms with E-state index < -0.39 is 0 Å². The zero-order valence-corrected chi connectivity index (χ0v) is 16.4. The molecule has 27 heavy (non-hydrogen) atoms. The number of hydrogen-bond donors (Lipinski definition) is 2. The van der Waals surface area contributed by atoms with Crippen LogP contribution in [0.1, 0.15) is 18.9 Å². The van der Waals surface area contributed by atoms with E-state index in [0.717, 1.165) is 24.2 Å². The SMILES string of the molecule is CCOc1c(Cl)cc(/C=C/C(=O)NCCCNc2ccccc2)cc1OC. The molecule has 144 valence electrons. The molecule has 2 aromatic carbocycles. The van der Waals surface area contributed by atoms with Crippen LogP contribution in [0.15, 0.2) is 48.5 Å². The fourth-order valence-corrected chi connectivity index (χ4v) is 2.71. The summed E-state index contributed by atoms with van der Waals surface area (Å²) in [4.78, 5) is 12.0. The third kappa shape index (κ3) is 6.87. The number of rotatable bonds is 10. The molecule has 0 bridgehead atoms. The van der Waals surface area contributed by atoms with Crippen LogP contribution < -0.4 is 20.1 Å². The Bertz CT molecular complexity index is 764. The van der Waals surface area contributed by atoms with Gasteiger partial charge >= 0.3 is 0 Å². The highest BCUT2D eigenvalue weighted by atomic mass is 35.5. The molecule has 0 spiro atoms. The molecule has 0 heterocycles. The van der Waals surface area contributed by atoms with Gasteiger partial charge in [0.25, 0.3) is 0 Å². The molecule has 0 saturated carbocycles. The predicted octanol–water partition coefficient (Wildman–Crippen LogP) is 4.38. The van der Waals surface area contributed by atoms with Gasteiger partial charge < -0.3 is 20.1 Å². The van der Waals surface area contributed by atoms with Crippen molar-refractivity contribution < 1.29 is 14.3 Å². The first kappa shape index (κ1) is 20.6. The monoisotopic (exact) mass is 388 g/mol. The zero-order valence-electron chi connectivity index (χ0n) is 15.6. The Morgan fingerprint density at radius 2 is 1.96 bits per heavy atom. The molecule has 6 heteroatoms. The summed E-state index contributed by atoms with van der Waals surface area (Å²) in [6, 6.07) is 13.5. The molecule has 1 amide bonds. The maximum absolute atomic E-state index is 12.0. The van der Waals surface area contributed by atoms with Crippen LogP contribution in [0.3, 0.4) is 0 Å². The van der Waals surface area contributed by atoms with Crippen LogP contribution in [-0.2, 0) is 4.79 Å². The lowest BCUT2D eigenvalue weighted by atomic mass is 10.2. The van der Waals surface area contributed by atoms with Crippen molar-refractivity contribution in [1.29, 1.82) is 0 Å². The number of para-hydroxylation sites is 1. The number of hydrogen-bond acceptors (Lipinski definition) is 4. The molecule has 0 radical (unpaired) electrons. The average molecular weight is 389 g/mol. The van der Waals surface area contributed by atoms with E-state index in [2.05, 4.69) is 10.6 Å². The first-order valence-electron chi connectivity index (χ1n) is 8.89. The first-order valence-corrected chi connectivity index (χ1v) is 9.27. The second-order valence-corrected chi connectivity index (χ2v) is 6.15. The van der Waals surface area contributed by atoms with Crippen molar-refractivity contribution in [3.8, 4) is 11.5 Å². The van der Waals surface area contributed by atoms with Crippen molar-refractivity contribution in [2.45, 2.75) is 13.3 Å². The first-order chi connectivity index (χ1) is 13.1. The van der Waals surface area contributed by atoms with E-state index in [-0.39, 0.29) is 5.91 Å². The number of methoxy groups -OCH3 is 1. The molecule has 0 unspecified atom stereocenters. The van der Waals surface area contributed by atoms with Gasteiger partial charge in [0.1, 0.15) is 0 Å². The van der Waals surface area contributed by atoms with Crippen LogP contribution in [0.2, 0.25) is 5.02 Å². The Morgan fingerprint density at radius 1 is 1.19 bits per heavy atom. The Hall–Kier alpha value is -2.66. The number of halogens is 1. The fraction of sp³-hybridized carbons (Fsp3) is 0.286. The summed E-state index contributed by atoms with van der Waals surface area (Å²) in [7, 11) is 1.55. The molecule has 2 N–H and O–H groups in total. The predicted molar refractivity (Wildman–Crippen MR) is 111 cm³/mol. The molecule has 0 aromatic heterocycles. The van der Waals surface area contributed by atoms with Gasteiger partial charge in [0.2, 0.25) is 5.91 Å². The summed E-state index contributed by atoms with van der Waals surface area (Å²) in [5, 5.41) is 6.61. The Kier molecular flexibility index (Phi) is 8.52. The van der Waals surface area contributed by atoms with E-state index in [4.69, 9.17) is 21.1 Å². The summed E-state index contributed by atoms with van der Waals surface area (Å²) in [5.74, 6) is 0.893. The van der Waals surface area contributed by atoms with Crippen LogP contribution in [0.25, 0.3) is 6.08 Å². The van der Waals surface area contributed by atoms with Crippen molar-refractivity contribution in [3.05, 3.63) is 59.1 Å². The number of carbonyl (C=O) groups is 1. The smallest absolute Gasteiger partial charge is 0.244 e. The highest BCUT2D eigenvalue weighted by Gasteiger charge is 2.10. The molecule has 2 rings (SSSR count). The molecule has 0 atom stereocenters. The summed E-state index contributed by atoms with van der Waals surface area (Å²) in [6.45, 7) is 3.76. The lowest BCUT2D eigenvalue weighted by Crippen LogP contribution is -2.23. The fourth-order valence-electron chi connectivity index (χ4n) is 2.44. The van der Waals surface area contributed by atoms with Gasteiger partial charge in [0.05, 0.1) is 18.7 Å². The van der Waals surface area contributed by atoms with Crippen molar-refractivity contribution >= 4 is 29.3 Å². The Morgan fingerprint density at radius 3 is 2.67 bits per heavy atom. The second kappa shape index (κ2) is 11.1. The van der Waals surface area contributed by atoms with Crippen LogP contribution in [0.4, 0.5) is 5.69 Å². The van der Waals surface area contributed by atoms with E-state index in [1.165, 1.54) is 6.08 Å². The number of nitrogens with one attached hydrogen (secondary N) is 2. The summed E-state index contributed by atoms with van der Waals surface area (Å²) in [5.41, 5.74) is 1.84. The van der Waals surface area contributed by atoms with Gasteiger partial charge in [-0.25, -0.2) is 0 Å². The van der Waals surface area contributed by atoms with Gasteiger partial charge in [0.15, 0.2) is 11.5 Å². The number of carbonyl (C=O) groups excluding carboxylic acids is 1. The third-order valence-electron chi connectivity index (χ3n) is 3.72. The topological polar surface area (TPSA) is 59.6 Å². The minimum absolute atomic E-state index is 0.154. The molecule has 2 aromatic rings. The maximum Gasteiger partial charge on any atom is 0.244 e. The second-order valence-electron chi connectivity index (χ2n) is 5.74. The van der Waals surface area contributed by atoms with Crippen molar-refractivity contribution in [2.24, 2.45) is 0 Å². The molecule has 0 fully saturated rings. The third-order valence-corrected chi connectivity index (χ3v) is 4.00. The highest BCUT2D eigenvalue weighted by molar-refractivity contribution is 6.32. The van der Waals surface area contributed by atoms with Gasteiger partial charge in [-0.05, 0) is 49.2 Å². The van der Waals surface area contributed by atoms with E-state index in [1.54, 1.807) is 25.3 Å². The lowest BCUT2D eigenvalue weighted by molar-refractivity contribution is -0.116. The van der Waals surface area contributed by atoms with E-state index in [0.29, 0.717) is 29.7 Å². The van der Waals surface area contributed by atoms with Gasteiger partial charge in [-0.15, -0.1) is 0 Å². The van der Waals surface area contributed by atoms with Gasteiger partial charge in [-0.2, -0.15) is 0 Å². The minimum Gasteiger partial charge on any atom is -0.493 e. The van der Waals surface area contributed by atoms with Crippen LogP contribution >= 0.6 is 11.6 Å². The van der Waals surface area contributed by atoms with Crippen molar-refractivity contribution in [3.63, 3.8) is 0 Å². The van der Waals surface area contributed by atoms with Crippen LogP contribution in [0.5, 0.6) is 11.5 Å². The van der Waals surface area contributed by atoms with E-state index >= 15 is 0 Å². The summed E-state index contributed by atoms with van der Waals surface area (Å²) < 4.78 is 10.8. The average Bonchev–Trinajstić information content (AvgIpc) is 2.68. The molecule has 0 aliphatic rings. The number of amides is 1. The number of benzene rings is 2. The Balaban J connectivity index is 1.79. The zero-order chi connectivity index (χ0) is 19.5. The highest BCUT2D eigenvalue weighted by Crippen LogP contribution is 2.36. The molecular weight excluding hydrogens is 364 g/mol. The number of ether oxygens (including phenoxy) is 2. The quantitative estimate of drug-likeness (QED) is 0.468. The standard InChI is InChI=1S/C21H25ClN2O3/c1-3-27-21-18(22)14-16(15-19(21)26-2)10-11-20(25)24-13-7-12-23-17-8-5-4-6-9-17/h4-6,8-11,14-15,23H,3,7,12-13H2,1-2H3,(H,24,25)/b11-10+. The van der Waals surface area contributed by atoms with Crippen molar-refractivity contribution in [2.75, 3.05) is 32.1 Å². The minimum atomic E-state index is -0.154. The number of anilines is 1. The van der Waals surface area contributed by atoms with E-state index in [9.17, 15) is 4.79 Å². The van der Waals surface area contributed by atoms with Gasteiger partial charge in [-0.3, -0.25) is 4.79 Å². The Labute approximate surface area is 165 Å². The van der Waals surface area contributed by atoms with Gasteiger partial charge in [0, 0.05) is 24.9 Å². The molecule has 0 aliphatic heterocycles.